The molecule has 0 radical (unpaired) electrons. The van der Waals surface area contributed by atoms with Crippen LogP contribution in [0.2, 0.25) is 0 Å². The lowest BCUT2D eigenvalue weighted by atomic mass is 10.1. The third-order valence-electron chi connectivity index (χ3n) is 2.61. The van der Waals surface area contributed by atoms with Crippen LogP contribution >= 0.6 is 11.3 Å². The molecule has 0 aliphatic rings. The van der Waals surface area contributed by atoms with Crippen LogP contribution in [0.15, 0.2) is 29.6 Å². The smallest absolute Gasteiger partial charge is 0.251 e. The molecular formula is C14H13N3OS. The van der Waals surface area contributed by atoms with Gasteiger partial charge in [-0.05, 0) is 31.2 Å². The number of carbonyl (C=O) groups is 1. The number of thiazole rings is 1. The van der Waals surface area contributed by atoms with E-state index in [2.05, 4.69) is 10.3 Å². The van der Waals surface area contributed by atoms with Gasteiger partial charge in [0.25, 0.3) is 5.91 Å². The number of rotatable bonds is 4. The second-order valence-electron chi connectivity index (χ2n) is 4.05. The van der Waals surface area contributed by atoms with E-state index in [1.807, 2.05) is 18.4 Å². The van der Waals surface area contributed by atoms with Crippen molar-refractivity contribution in [2.45, 2.75) is 13.3 Å². The fraction of sp³-hybridized carbons (Fsp3) is 0.214. The average molecular weight is 271 g/mol. The maximum absolute atomic E-state index is 11.8. The summed E-state index contributed by atoms with van der Waals surface area (Å²) >= 11 is 1.61. The van der Waals surface area contributed by atoms with Gasteiger partial charge in [0.1, 0.15) is 0 Å². The predicted octanol–water partition coefficient (Wildman–Crippen LogP) is 2.30. The number of carbonyl (C=O) groups excluding carboxylic acids is 1. The molecule has 0 aliphatic carbocycles. The summed E-state index contributed by atoms with van der Waals surface area (Å²) in [6.45, 7) is 2.52. The average Bonchev–Trinajstić information content (AvgIpc) is 2.84. The van der Waals surface area contributed by atoms with Gasteiger partial charge in [-0.2, -0.15) is 5.26 Å². The monoisotopic (exact) mass is 271 g/mol. The van der Waals surface area contributed by atoms with Crippen LogP contribution in [0.1, 0.15) is 26.6 Å². The van der Waals surface area contributed by atoms with Crippen LogP contribution in [0.5, 0.6) is 0 Å². The molecule has 0 fully saturated rings. The first-order valence-electron chi connectivity index (χ1n) is 5.88. The molecule has 2 aromatic rings. The highest BCUT2D eigenvalue weighted by atomic mass is 32.1. The van der Waals surface area contributed by atoms with E-state index < -0.39 is 0 Å². The lowest BCUT2D eigenvalue weighted by Gasteiger charge is -2.04. The first-order valence-corrected chi connectivity index (χ1v) is 6.76. The summed E-state index contributed by atoms with van der Waals surface area (Å²) in [4.78, 5) is 16.2. The normalized spacial score (nSPS) is 9.89. The van der Waals surface area contributed by atoms with Crippen LogP contribution in [0.3, 0.4) is 0 Å². The van der Waals surface area contributed by atoms with E-state index in [1.54, 1.807) is 35.6 Å². The molecule has 0 atom stereocenters. The predicted molar refractivity (Wildman–Crippen MR) is 74.0 cm³/mol. The quantitative estimate of drug-likeness (QED) is 0.927. The molecule has 0 aliphatic heterocycles. The first kappa shape index (κ1) is 13.2. The van der Waals surface area contributed by atoms with Gasteiger partial charge in [-0.25, -0.2) is 4.98 Å². The third kappa shape index (κ3) is 3.63. The molecule has 4 nitrogen and oxygen atoms in total. The Kier molecular flexibility index (Phi) is 4.26. The van der Waals surface area contributed by atoms with Gasteiger partial charge in [0.05, 0.1) is 22.3 Å². The van der Waals surface area contributed by atoms with E-state index in [4.69, 9.17) is 5.26 Å². The van der Waals surface area contributed by atoms with Crippen molar-refractivity contribution in [3.8, 4) is 6.07 Å². The number of benzene rings is 1. The molecule has 0 unspecified atom stereocenters. The topological polar surface area (TPSA) is 65.8 Å². The van der Waals surface area contributed by atoms with Gasteiger partial charge >= 0.3 is 0 Å². The van der Waals surface area contributed by atoms with Crippen molar-refractivity contribution < 1.29 is 4.79 Å². The zero-order valence-corrected chi connectivity index (χ0v) is 11.3. The number of nitriles is 1. The molecule has 1 aromatic carbocycles. The summed E-state index contributed by atoms with van der Waals surface area (Å²) in [6, 6.07) is 8.60. The Hall–Kier alpha value is -2.19. The molecule has 0 saturated heterocycles. The van der Waals surface area contributed by atoms with Gasteiger partial charge in [0.2, 0.25) is 0 Å². The van der Waals surface area contributed by atoms with Crippen LogP contribution in [0.25, 0.3) is 0 Å². The largest absolute Gasteiger partial charge is 0.352 e. The molecule has 1 heterocycles. The van der Waals surface area contributed by atoms with Crippen LogP contribution in [0, 0.1) is 18.3 Å². The Bertz CT molecular complexity index is 610. The number of nitrogens with one attached hydrogen (secondary N) is 1. The summed E-state index contributed by atoms with van der Waals surface area (Å²) in [5.41, 5.74) is 2.12. The molecular weight excluding hydrogens is 258 g/mol. The van der Waals surface area contributed by atoms with E-state index in [-0.39, 0.29) is 5.91 Å². The Morgan fingerprint density at radius 2 is 2.16 bits per heavy atom. The lowest BCUT2D eigenvalue weighted by molar-refractivity contribution is 0.0954. The molecule has 0 saturated carbocycles. The number of nitrogens with zero attached hydrogens (tertiary/aromatic N) is 2. The summed E-state index contributed by atoms with van der Waals surface area (Å²) in [5.74, 6) is -0.128. The highest BCUT2D eigenvalue weighted by Crippen LogP contribution is 2.08. The van der Waals surface area contributed by atoms with E-state index in [0.717, 1.165) is 17.1 Å². The summed E-state index contributed by atoms with van der Waals surface area (Å²) in [5, 5.41) is 14.6. The number of aromatic nitrogens is 1. The van der Waals surface area contributed by atoms with Gasteiger partial charge in [-0.15, -0.1) is 11.3 Å². The van der Waals surface area contributed by atoms with Crippen molar-refractivity contribution in [3.63, 3.8) is 0 Å². The van der Waals surface area contributed by atoms with E-state index in [1.165, 1.54) is 0 Å². The van der Waals surface area contributed by atoms with Gasteiger partial charge in [0, 0.05) is 23.9 Å². The van der Waals surface area contributed by atoms with Crippen molar-refractivity contribution >= 4 is 17.2 Å². The van der Waals surface area contributed by atoms with E-state index in [0.29, 0.717) is 17.7 Å². The number of hydrogen-bond acceptors (Lipinski definition) is 4. The van der Waals surface area contributed by atoms with Crippen LogP contribution in [-0.4, -0.2) is 17.4 Å². The SMILES string of the molecule is Cc1nc(CCNC(=O)c2ccc(C#N)cc2)cs1. The van der Waals surface area contributed by atoms with E-state index >= 15 is 0 Å². The molecule has 1 amide bonds. The fourth-order valence-electron chi connectivity index (χ4n) is 1.63. The maximum atomic E-state index is 11.8. The zero-order chi connectivity index (χ0) is 13.7. The standard InChI is InChI=1S/C14H13N3OS/c1-10-17-13(9-19-10)6-7-16-14(18)12-4-2-11(8-15)3-5-12/h2-5,9H,6-7H2,1H3,(H,16,18). The second kappa shape index (κ2) is 6.12. The fourth-order valence-corrected chi connectivity index (χ4v) is 2.27. The Morgan fingerprint density at radius 1 is 1.42 bits per heavy atom. The van der Waals surface area contributed by atoms with E-state index in [9.17, 15) is 4.79 Å². The Labute approximate surface area is 115 Å². The van der Waals surface area contributed by atoms with Gasteiger partial charge in [-0.1, -0.05) is 0 Å². The number of aryl methyl sites for hydroxylation is 1. The Balaban J connectivity index is 1.85. The van der Waals surface area contributed by atoms with Crippen molar-refractivity contribution in [1.29, 1.82) is 5.26 Å². The third-order valence-corrected chi connectivity index (χ3v) is 3.43. The Morgan fingerprint density at radius 3 is 2.74 bits per heavy atom. The summed E-state index contributed by atoms with van der Waals surface area (Å²) in [6.07, 6.45) is 0.729. The molecule has 19 heavy (non-hydrogen) atoms. The molecule has 5 heteroatoms. The highest BCUT2D eigenvalue weighted by molar-refractivity contribution is 7.09. The van der Waals surface area contributed by atoms with Crippen molar-refractivity contribution in [1.82, 2.24) is 10.3 Å². The number of amides is 1. The minimum atomic E-state index is -0.128. The first-order chi connectivity index (χ1) is 9.19. The van der Waals surface area contributed by atoms with Crippen LogP contribution in [0.4, 0.5) is 0 Å². The lowest BCUT2D eigenvalue weighted by Crippen LogP contribution is -2.25. The van der Waals surface area contributed by atoms with Gasteiger partial charge in [0.15, 0.2) is 0 Å². The summed E-state index contributed by atoms with van der Waals surface area (Å²) < 4.78 is 0. The van der Waals surface area contributed by atoms with Crippen molar-refractivity contribution in [2.75, 3.05) is 6.54 Å². The maximum Gasteiger partial charge on any atom is 0.251 e. The van der Waals surface area contributed by atoms with Crippen LogP contribution in [-0.2, 0) is 6.42 Å². The van der Waals surface area contributed by atoms with Crippen molar-refractivity contribution in [3.05, 3.63) is 51.5 Å². The molecule has 96 valence electrons. The minimum absolute atomic E-state index is 0.128. The summed E-state index contributed by atoms with van der Waals surface area (Å²) in [7, 11) is 0. The number of hydrogen-bond donors (Lipinski definition) is 1. The van der Waals surface area contributed by atoms with Crippen molar-refractivity contribution in [2.24, 2.45) is 0 Å². The molecule has 0 spiro atoms. The second-order valence-corrected chi connectivity index (χ2v) is 5.12. The van der Waals surface area contributed by atoms with Gasteiger partial charge < -0.3 is 5.32 Å². The highest BCUT2D eigenvalue weighted by Gasteiger charge is 2.05. The molecule has 2 rings (SSSR count). The molecule has 0 bridgehead atoms. The molecule has 1 aromatic heterocycles. The zero-order valence-electron chi connectivity index (χ0n) is 10.5. The molecule has 1 N–H and O–H groups in total. The van der Waals surface area contributed by atoms with Gasteiger partial charge in [-0.3, -0.25) is 4.79 Å². The van der Waals surface area contributed by atoms with Crippen LogP contribution < -0.4 is 5.32 Å². The minimum Gasteiger partial charge on any atom is -0.352 e.